The van der Waals surface area contributed by atoms with Gasteiger partial charge >= 0.3 is 5.97 Å². The summed E-state index contributed by atoms with van der Waals surface area (Å²) >= 11 is 0. The maximum atomic E-state index is 14.2. The molecule has 2 aromatic rings. The molecule has 3 nitrogen and oxygen atoms in total. The lowest BCUT2D eigenvalue weighted by Gasteiger charge is -2.58. The summed E-state index contributed by atoms with van der Waals surface area (Å²) in [4.78, 5) is 25.8. The number of benzene rings is 2. The number of fused-ring (bicyclic) bond motifs is 5. The topological polar surface area (TPSA) is 43.4 Å². The smallest absolute Gasteiger partial charge is 0.302 e. The average molecular weight is 497 g/mol. The minimum Gasteiger partial charge on any atom is -0.462 e. The average Bonchev–Trinajstić information content (AvgIpc) is 3.22. The van der Waals surface area contributed by atoms with Gasteiger partial charge in [0.05, 0.1) is 0 Å². The highest BCUT2D eigenvalue weighted by atomic mass is 16.5. The van der Waals surface area contributed by atoms with Crippen molar-refractivity contribution < 1.29 is 14.3 Å². The summed E-state index contributed by atoms with van der Waals surface area (Å²) in [5.74, 6) is 2.24. The van der Waals surface area contributed by atoms with Crippen molar-refractivity contribution in [2.24, 2.45) is 34.5 Å². The van der Waals surface area contributed by atoms with E-state index in [0.717, 1.165) is 44.1 Å². The van der Waals surface area contributed by atoms with Gasteiger partial charge in [-0.1, -0.05) is 86.2 Å². The van der Waals surface area contributed by atoms with E-state index in [1.807, 2.05) is 30.3 Å². The molecule has 0 bridgehead atoms. The van der Waals surface area contributed by atoms with Gasteiger partial charge in [-0.05, 0) is 78.6 Å². The van der Waals surface area contributed by atoms with E-state index in [9.17, 15) is 9.59 Å². The lowest BCUT2D eigenvalue weighted by atomic mass is 9.47. The van der Waals surface area contributed by atoms with Gasteiger partial charge in [-0.25, -0.2) is 0 Å². The van der Waals surface area contributed by atoms with Crippen LogP contribution in [0.5, 0.6) is 0 Å². The predicted octanol–water partition coefficient (Wildman–Crippen LogP) is 7.77. The SMILES string of the molecule is CC(=O)O[C@@H]1CC[C@]2(C)C(=CC[C@H]3[C@H]4C[C@@H](c5ccccc5)[C@H](C(=O)c5ccccc5)[C@]4(C)CC[C@@H]32)C1. The Labute approximate surface area is 221 Å². The Hall–Kier alpha value is -2.68. The standard InChI is InChI=1S/C34H40O3/c1-22(35)37-26-16-18-33(2)25(20-26)14-15-27-29(33)17-19-34(3)30(27)21-28(23-10-6-4-7-11-23)31(34)32(36)24-12-8-5-9-13-24/h4-14,26-31H,15-21H2,1-3H3/t26-,27-,28+,29+,30-,31-,33-,34-/m1/s1. The van der Waals surface area contributed by atoms with Crippen LogP contribution in [0.3, 0.4) is 0 Å². The Morgan fingerprint density at radius 2 is 1.59 bits per heavy atom. The van der Waals surface area contributed by atoms with Crippen LogP contribution >= 0.6 is 0 Å². The highest BCUT2D eigenvalue weighted by Crippen LogP contribution is 2.69. The zero-order valence-corrected chi connectivity index (χ0v) is 22.5. The van der Waals surface area contributed by atoms with E-state index in [1.54, 1.807) is 0 Å². The normalized spacial score (nSPS) is 38.5. The van der Waals surface area contributed by atoms with E-state index in [-0.39, 0.29) is 34.7 Å². The zero-order valence-electron chi connectivity index (χ0n) is 22.5. The monoisotopic (exact) mass is 496 g/mol. The third-order valence-corrected chi connectivity index (χ3v) is 11.0. The Morgan fingerprint density at radius 3 is 2.30 bits per heavy atom. The molecule has 4 aliphatic rings. The van der Waals surface area contributed by atoms with E-state index < -0.39 is 0 Å². The van der Waals surface area contributed by atoms with Crippen LogP contribution in [0, 0.1) is 34.5 Å². The first-order chi connectivity index (χ1) is 17.8. The largest absolute Gasteiger partial charge is 0.462 e. The lowest BCUT2D eigenvalue weighted by molar-refractivity contribution is -0.148. The maximum Gasteiger partial charge on any atom is 0.302 e. The molecule has 0 amide bonds. The van der Waals surface area contributed by atoms with Crippen LogP contribution in [-0.4, -0.2) is 17.9 Å². The van der Waals surface area contributed by atoms with Crippen molar-refractivity contribution in [3.8, 4) is 0 Å². The lowest BCUT2D eigenvalue weighted by Crippen LogP contribution is -2.51. The molecular weight excluding hydrogens is 456 g/mol. The summed E-state index contributed by atoms with van der Waals surface area (Å²) in [5, 5.41) is 0. The summed E-state index contributed by atoms with van der Waals surface area (Å²) < 4.78 is 5.63. The van der Waals surface area contributed by atoms with Crippen LogP contribution < -0.4 is 0 Å². The van der Waals surface area contributed by atoms with Gasteiger partial charge in [0.1, 0.15) is 6.10 Å². The number of ether oxygens (including phenoxy) is 1. The molecular formula is C34H40O3. The maximum absolute atomic E-state index is 14.2. The minimum absolute atomic E-state index is 0.00520. The number of carbonyl (C=O) groups excluding carboxylic acids is 2. The molecule has 3 heteroatoms. The third-order valence-electron chi connectivity index (χ3n) is 11.0. The van der Waals surface area contributed by atoms with Gasteiger partial charge in [-0.3, -0.25) is 9.59 Å². The number of esters is 1. The van der Waals surface area contributed by atoms with Crippen LogP contribution in [0.15, 0.2) is 72.3 Å². The summed E-state index contributed by atoms with van der Waals surface area (Å²) in [6.07, 6.45) is 9.97. The van der Waals surface area contributed by atoms with E-state index in [2.05, 4.69) is 50.3 Å². The fraction of sp³-hybridized carbons (Fsp3) is 0.529. The number of carbonyl (C=O) groups is 2. The van der Waals surface area contributed by atoms with Crippen LogP contribution in [0.1, 0.15) is 87.6 Å². The second-order valence-corrected chi connectivity index (χ2v) is 12.7. The van der Waals surface area contributed by atoms with E-state index in [4.69, 9.17) is 4.74 Å². The van der Waals surface area contributed by atoms with Crippen molar-refractivity contribution in [2.45, 2.75) is 77.7 Å². The molecule has 3 saturated carbocycles. The first kappa shape index (κ1) is 24.6. The minimum atomic E-state index is -0.164. The van der Waals surface area contributed by atoms with E-state index in [0.29, 0.717) is 23.5 Å². The van der Waals surface area contributed by atoms with Crippen LogP contribution in [0.25, 0.3) is 0 Å². The molecule has 3 fully saturated rings. The van der Waals surface area contributed by atoms with E-state index in [1.165, 1.54) is 24.5 Å². The van der Waals surface area contributed by atoms with Crippen molar-refractivity contribution in [3.63, 3.8) is 0 Å². The molecule has 0 heterocycles. The van der Waals surface area contributed by atoms with Crippen LogP contribution in [0.2, 0.25) is 0 Å². The Morgan fingerprint density at radius 1 is 0.892 bits per heavy atom. The van der Waals surface area contributed by atoms with Crippen LogP contribution in [0.4, 0.5) is 0 Å². The van der Waals surface area contributed by atoms with Crippen molar-refractivity contribution in [3.05, 3.63) is 83.4 Å². The molecule has 194 valence electrons. The Balaban J connectivity index is 1.35. The van der Waals surface area contributed by atoms with Gasteiger partial charge in [0, 0.05) is 24.8 Å². The highest BCUT2D eigenvalue weighted by molar-refractivity contribution is 5.99. The van der Waals surface area contributed by atoms with Crippen molar-refractivity contribution in [1.82, 2.24) is 0 Å². The fourth-order valence-corrected chi connectivity index (χ4v) is 9.30. The highest BCUT2D eigenvalue weighted by Gasteiger charge is 2.62. The molecule has 0 N–H and O–H groups in total. The van der Waals surface area contributed by atoms with Gasteiger partial charge < -0.3 is 4.74 Å². The van der Waals surface area contributed by atoms with Crippen LogP contribution in [-0.2, 0) is 9.53 Å². The number of Topliss-reactive ketones (excluding diaryl/α,β-unsaturated/α-hetero) is 1. The van der Waals surface area contributed by atoms with Crippen molar-refractivity contribution in [2.75, 3.05) is 0 Å². The fourth-order valence-electron chi connectivity index (χ4n) is 9.30. The second-order valence-electron chi connectivity index (χ2n) is 12.7. The molecule has 37 heavy (non-hydrogen) atoms. The summed E-state index contributed by atoms with van der Waals surface area (Å²) in [7, 11) is 0. The molecule has 6 rings (SSSR count). The van der Waals surface area contributed by atoms with Crippen molar-refractivity contribution >= 4 is 11.8 Å². The molecule has 0 aliphatic heterocycles. The number of hydrogen-bond donors (Lipinski definition) is 0. The van der Waals surface area contributed by atoms with E-state index >= 15 is 0 Å². The molecule has 0 aromatic heterocycles. The molecule has 4 aliphatic carbocycles. The van der Waals surface area contributed by atoms with Gasteiger partial charge in [0.15, 0.2) is 5.78 Å². The molecule has 0 saturated heterocycles. The molecule has 8 atom stereocenters. The van der Waals surface area contributed by atoms with Gasteiger partial charge in [-0.15, -0.1) is 0 Å². The van der Waals surface area contributed by atoms with Crippen molar-refractivity contribution in [1.29, 1.82) is 0 Å². The number of allylic oxidation sites excluding steroid dienone is 1. The molecule has 0 radical (unpaired) electrons. The Bertz CT molecular complexity index is 1200. The van der Waals surface area contributed by atoms with Gasteiger partial charge in [0.25, 0.3) is 0 Å². The summed E-state index contributed by atoms with van der Waals surface area (Å²) in [6, 6.07) is 20.8. The number of ketones is 1. The first-order valence-electron chi connectivity index (χ1n) is 14.3. The summed E-state index contributed by atoms with van der Waals surface area (Å²) in [5.41, 5.74) is 3.89. The van der Waals surface area contributed by atoms with Gasteiger partial charge in [-0.2, -0.15) is 0 Å². The molecule has 2 aromatic carbocycles. The zero-order chi connectivity index (χ0) is 25.8. The number of hydrogen-bond acceptors (Lipinski definition) is 3. The summed E-state index contributed by atoms with van der Waals surface area (Å²) in [6.45, 7) is 6.46. The predicted molar refractivity (Wildman–Crippen MR) is 146 cm³/mol. The first-order valence-corrected chi connectivity index (χ1v) is 14.3. The third kappa shape index (κ3) is 4.01. The Kier molecular flexibility index (Phi) is 6.17. The molecule has 0 spiro atoms. The molecule has 0 unspecified atom stereocenters. The van der Waals surface area contributed by atoms with Gasteiger partial charge in [0.2, 0.25) is 0 Å². The second kappa shape index (κ2) is 9.26. The number of rotatable bonds is 4. The quantitative estimate of drug-likeness (QED) is 0.247.